The highest BCUT2D eigenvalue weighted by Crippen LogP contribution is 2.33. The van der Waals surface area contributed by atoms with Gasteiger partial charge in [-0.1, -0.05) is 6.07 Å². The number of benzene rings is 1. The number of nitrogens with one attached hydrogen (secondary N) is 1. The summed E-state index contributed by atoms with van der Waals surface area (Å²) in [5, 5.41) is 5.82. The van der Waals surface area contributed by atoms with E-state index in [9.17, 15) is 0 Å². The van der Waals surface area contributed by atoms with Gasteiger partial charge in [0.2, 0.25) is 0 Å². The summed E-state index contributed by atoms with van der Waals surface area (Å²) in [5.41, 5.74) is 8.60. The summed E-state index contributed by atoms with van der Waals surface area (Å²) in [6.07, 6.45) is 0. The molecule has 82 valence electrons. The summed E-state index contributed by atoms with van der Waals surface area (Å²) >= 11 is 1.45. The predicted octanol–water partition coefficient (Wildman–Crippen LogP) is 2.20. The van der Waals surface area contributed by atoms with Crippen LogP contribution in [0.4, 0.5) is 10.8 Å². The van der Waals surface area contributed by atoms with Gasteiger partial charge >= 0.3 is 0 Å². The number of nitrogen functional groups attached to an aromatic ring is 1. The van der Waals surface area contributed by atoms with Crippen molar-refractivity contribution in [3.63, 3.8) is 0 Å². The Balaban J connectivity index is 2.02. The van der Waals surface area contributed by atoms with E-state index in [1.165, 1.54) is 11.3 Å². The van der Waals surface area contributed by atoms with Gasteiger partial charge in [-0.25, -0.2) is 4.98 Å². The number of ether oxygens (including phenoxy) is 1. The molecule has 1 aliphatic rings. The van der Waals surface area contributed by atoms with Crippen molar-refractivity contribution in [3.8, 4) is 17.0 Å². The van der Waals surface area contributed by atoms with Crippen molar-refractivity contribution in [2.45, 2.75) is 0 Å². The van der Waals surface area contributed by atoms with Gasteiger partial charge < -0.3 is 15.8 Å². The molecule has 0 atom stereocenters. The van der Waals surface area contributed by atoms with Crippen LogP contribution in [0, 0.1) is 0 Å². The zero-order valence-electron chi connectivity index (χ0n) is 8.56. The second-order valence-corrected chi connectivity index (χ2v) is 4.45. The number of nitrogens with two attached hydrogens (primary N) is 1. The van der Waals surface area contributed by atoms with Crippen LogP contribution < -0.4 is 15.8 Å². The van der Waals surface area contributed by atoms with Gasteiger partial charge in [0.25, 0.3) is 0 Å². The van der Waals surface area contributed by atoms with Crippen molar-refractivity contribution in [1.29, 1.82) is 0 Å². The van der Waals surface area contributed by atoms with Gasteiger partial charge in [0.05, 0.1) is 11.4 Å². The number of nitrogens with zero attached hydrogens (tertiary/aromatic N) is 1. The van der Waals surface area contributed by atoms with Crippen LogP contribution in [0.5, 0.6) is 5.75 Å². The maximum atomic E-state index is 5.62. The Bertz CT molecular complexity index is 524. The Morgan fingerprint density at radius 1 is 1.44 bits per heavy atom. The van der Waals surface area contributed by atoms with E-state index in [4.69, 9.17) is 10.5 Å². The summed E-state index contributed by atoms with van der Waals surface area (Å²) in [6.45, 7) is 1.56. The highest BCUT2D eigenvalue weighted by atomic mass is 32.1. The van der Waals surface area contributed by atoms with Gasteiger partial charge in [-0.15, -0.1) is 11.3 Å². The van der Waals surface area contributed by atoms with Gasteiger partial charge in [0.1, 0.15) is 12.4 Å². The van der Waals surface area contributed by atoms with Crippen LogP contribution in [0.25, 0.3) is 11.3 Å². The number of rotatable bonds is 1. The summed E-state index contributed by atoms with van der Waals surface area (Å²) in [6, 6.07) is 6.03. The Kier molecular flexibility index (Phi) is 2.18. The molecule has 1 aromatic heterocycles. The van der Waals surface area contributed by atoms with E-state index in [1.807, 2.05) is 23.6 Å². The fraction of sp³-hybridized carbons (Fsp3) is 0.182. The molecule has 5 heteroatoms. The average Bonchev–Trinajstić information content (AvgIpc) is 2.75. The van der Waals surface area contributed by atoms with Crippen LogP contribution in [0.1, 0.15) is 0 Å². The van der Waals surface area contributed by atoms with Crippen molar-refractivity contribution >= 4 is 22.2 Å². The van der Waals surface area contributed by atoms with Crippen LogP contribution in [0.2, 0.25) is 0 Å². The first-order chi connectivity index (χ1) is 7.83. The third-order valence-corrected chi connectivity index (χ3v) is 3.15. The molecule has 0 bridgehead atoms. The van der Waals surface area contributed by atoms with Gasteiger partial charge in [-0.3, -0.25) is 0 Å². The molecule has 0 unspecified atom stereocenters. The maximum Gasteiger partial charge on any atom is 0.180 e. The standard InChI is InChI=1S/C11H11N3OS/c12-11-14-9(6-16-11)7-1-2-8-10(5-7)15-4-3-13-8/h1-2,5-6,13H,3-4H2,(H2,12,14). The molecule has 0 spiro atoms. The zero-order valence-corrected chi connectivity index (χ0v) is 9.38. The van der Waals surface area contributed by atoms with Crippen LogP contribution >= 0.6 is 11.3 Å². The number of hydrogen-bond acceptors (Lipinski definition) is 5. The topological polar surface area (TPSA) is 60.2 Å². The van der Waals surface area contributed by atoms with Crippen molar-refractivity contribution in [1.82, 2.24) is 4.98 Å². The lowest BCUT2D eigenvalue weighted by Gasteiger charge is -2.19. The second kappa shape index (κ2) is 3.68. The Morgan fingerprint density at radius 3 is 3.19 bits per heavy atom. The van der Waals surface area contributed by atoms with E-state index in [1.54, 1.807) is 0 Å². The summed E-state index contributed by atoms with van der Waals surface area (Å²) in [5.74, 6) is 0.885. The van der Waals surface area contributed by atoms with E-state index >= 15 is 0 Å². The Morgan fingerprint density at radius 2 is 2.38 bits per heavy atom. The molecule has 3 rings (SSSR count). The van der Waals surface area contributed by atoms with Crippen LogP contribution in [-0.4, -0.2) is 18.1 Å². The molecule has 0 radical (unpaired) electrons. The Hall–Kier alpha value is -1.75. The molecule has 0 amide bonds. The highest BCUT2D eigenvalue weighted by Gasteiger charge is 2.11. The predicted molar refractivity (Wildman–Crippen MR) is 65.9 cm³/mol. The van der Waals surface area contributed by atoms with Crippen molar-refractivity contribution in [3.05, 3.63) is 23.6 Å². The van der Waals surface area contributed by atoms with Gasteiger partial charge in [-0.05, 0) is 12.1 Å². The van der Waals surface area contributed by atoms with E-state index in [-0.39, 0.29) is 0 Å². The van der Waals surface area contributed by atoms with Crippen molar-refractivity contribution < 1.29 is 4.74 Å². The molecule has 0 aliphatic carbocycles. The lowest BCUT2D eigenvalue weighted by atomic mass is 10.1. The van der Waals surface area contributed by atoms with Crippen LogP contribution in [-0.2, 0) is 0 Å². The molecule has 16 heavy (non-hydrogen) atoms. The van der Waals surface area contributed by atoms with Crippen molar-refractivity contribution in [2.24, 2.45) is 0 Å². The van der Waals surface area contributed by atoms with E-state index < -0.39 is 0 Å². The molecule has 0 saturated carbocycles. The summed E-state index contributed by atoms with van der Waals surface area (Å²) in [4.78, 5) is 4.25. The van der Waals surface area contributed by atoms with Crippen LogP contribution in [0.15, 0.2) is 23.6 Å². The lowest BCUT2D eigenvalue weighted by molar-refractivity contribution is 0.323. The number of fused-ring (bicyclic) bond motifs is 1. The third kappa shape index (κ3) is 1.59. The number of aromatic nitrogens is 1. The second-order valence-electron chi connectivity index (χ2n) is 3.56. The van der Waals surface area contributed by atoms with E-state index in [0.717, 1.165) is 29.2 Å². The largest absolute Gasteiger partial charge is 0.490 e. The summed E-state index contributed by atoms with van der Waals surface area (Å²) in [7, 11) is 0. The molecule has 4 nitrogen and oxygen atoms in total. The lowest BCUT2D eigenvalue weighted by Crippen LogP contribution is -2.17. The van der Waals surface area contributed by atoms with Crippen molar-refractivity contribution in [2.75, 3.05) is 24.2 Å². The molecule has 0 saturated heterocycles. The zero-order chi connectivity index (χ0) is 11.0. The first-order valence-electron chi connectivity index (χ1n) is 5.05. The molecular weight excluding hydrogens is 222 g/mol. The SMILES string of the molecule is Nc1nc(-c2ccc3c(c2)OCCN3)cs1. The minimum Gasteiger partial charge on any atom is -0.490 e. The van der Waals surface area contributed by atoms with Gasteiger partial charge in [0, 0.05) is 17.5 Å². The molecule has 2 aromatic rings. The van der Waals surface area contributed by atoms with Gasteiger partial charge in [0.15, 0.2) is 5.13 Å². The molecule has 1 aromatic carbocycles. The Labute approximate surface area is 97.1 Å². The molecule has 3 N–H and O–H groups in total. The number of anilines is 2. The smallest absolute Gasteiger partial charge is 0.180 e. The quantitative estimate of drug-likeness (QED) is 0.792. The molecule has 2 heterocycles. The minimum absolute atomic E-state index is 0.590. The minimum atomic E-state index is 0.590. The van der Waals surface area contributed by atoms with Crippen LogP contribution in [0.3, 0.4) is 0 Å². The molecule has 0 fully saturated rings. The number of hydrogen-bond donors (Lipinski definition) is 2. The fourth-order valence-electron chi connectivity index (χ4n) is 1.71. The maximum absolute atomic E-state index is 5.62. The fourth-order valence-corrected chi connectivity index (χ4v) is 2.29. The summed E-state index contributed by atoms with van der Waals surface area (Å²) < 4.78 is 5.57. The number of thiazole rings is 1. The molecular formula is C11H11N3OS. The average molecular weight is 233 g/mol. The first kappa shape index (κ1) is 9.47. The highest BCUT2D eigenvalue weighted by molar-refractivity contribution is 7.13. The normalized spacial score (nSPS) is 13.8. The molecule has 1 aliphatic heterocycles. The van der Waals surface area contributed by atoms with Gasteiger partial charge in [-0.2, -0.15) is 0 Å². The van der Waals surface area contributed by atoms with E-state index in [0.29, 0.717) is 11.7 Å². The monoisotopic (exact) mass is 233 g/mol. The first-order valence-corrected chi connectivity index (χ1v) is 5.93. The van der Waals surface area contributed by atoms with E-state index in [2.05, 4.69) is 10.3 Å². The third-order valence-electron chi connectivity index (χ3n) is 2.47.